The zero-order chi connectivity index (χ0) is 8.39. The van der Waals surface area contributed by atoms with Gasteiger partial charge in [-0.2, -0.15) is 0 Å². The number of aliphatic hydroxyl groups is 1. The molecule has 0 spiro atoms. The maximum atomic E-state index is 9.09. The summed E-state index contributed by atoms with van der Waals surface area (Å²) in [6.07, 6.45) is 6.39. The van der Waals surface area contributed by atoms with Crippen molar-refractivity contribution in [1.29, 1.82) is 0 Å². The van der Waals surface area contributed by atoms with Crippen LogP contribution in [0.15, 0.2) is 5.16 Å². The van der Waals surface area contributed by atoms with E-state index in [0.717, 1.165) is 5.71 Å². The minimum atomic E-state index is -0.665. The van der Waals surface area contributed by atoms with E-state index in [9.17, 15) is 0 Å². The lowest BCUT2D eigenvalue weighted by atomic mass is 9.85. The second kappa shape index (κ2) is 3.44. The molecule has 0 aromatic carbocycles. The average molecular weight is 169 g/mol. The fraction of sp³-hybridized carbons (Fsp3) is 0.889. The largest absolute Gasteiger partial charge is 0.363 e. The smallest absolute Gasteiger partial charge is 0.229 e. The van der Waals surface area contributed by atoms with Gasteiger partial charge >= 0.3 is 0 Å². The highest BCUT2D eigenvalue weighted by Gasteiger charge is 2.26. The molecule has 0 amide bonds. The Morgan fingerprint density at radius 2 is 2.00 bits per heavy atom. The van der Waals surface area contributed by atoms with Crippen LogP contribution in [0.1, 0.15) is 38.5 Å². The minimum absolute atomic E-state index is 0.593. The number of aliphatic hydroxyl groups excluding tert-OH is 1. The van der Waals surface area contributed by atoms with Gasteiger partial charge in [-0.05, 0) is 12.8 Å². The maximum Gasteiger partial charge on any atom is 0.229 e. The van der Waals surface area contributed by atoms with Gasteiger partial charge in [-0.15, -0.1) is 0 Å². The molecule has 1 saturated carbocycles. The molecule has 68 valence electrons. The summed E-state index contributed by atoms with van der Waals surface area (Å²) >= 11 is 0. The van der Waals surface area contributed by atoms with Gasteiger partial charge < -0.3 is 9.94 Å². The molecule has 1 fully saturated rings. The molecule has 1 atom stereocenters. The molecule has 1 aliphatic carbocycles. The van der Waals surface area contributed by atoms with Crippen LogP contribution in [0.25, 0.3) is 0 Å². The number of rotatable bonds is 1. The molecule has 1 aliphatic heterocycles. The Morgan fingerprint density at radius 1 is 1.25 bits per heavy atom. The Bertz CT molecular complexity index is 185. The van der Waals surface area contributed by atoms with Gasteiger partial charge in [-0.1, -0.05) is 24.4 Å². The molecule has 3 nitrogen and oxygen atoms in total. The number of hydrogen-bond donors (Lipinski definition) is 1. The third kappa shape index (κ3) is 1.61. The third-order valence-electron chi connectivity index (χ3n) is 2.75. The molecule has 3 heteroatoms. The average Bonchev–Trinajstić information content (AvgIpc) is 2.54. The normalized spacial score (nSPS) is 31.4. The summed E-state index contributed by atoms with van der Waals surface area (Å²) in [5, 5.41) is 13.0. The highest BCUT2D eigenvalue weighted by atomic mass is 16.7. The van der Waals surface area contributed by atoms with Crippen molar-refractivity contribution in [3.8, 4) is 0 Å². The zero-order valence-corrected chi connectivity index (χ0v) is 7.20. The predicted octanol–water partition coefficient (Wildman–Crippen LogP) is 1.66. The molecule has 1 N–H and O–H groups in total. The summed E-state index contributed by atoms with van der Waals surface area (Å²) in [6.45, 7) is 0. The Balaban J connectivity index is 1.91. The molecule has 0 saturated heterocycles. The van der Waals surface area contributed by atoms with Crippen LogP contribution in [0.5, 0.6) is 0 Å². The van der Waals surface area contributed by atoms with E-state index in [1.807, 2.05) is 0 Å². The van der Waals surface area contributed by atoms with Crippen molar-refractivity contribution < 1.29 is 9.94 Å². The van der Waals surface area contributed by atoms with E-state index >= 15 is 0 Å². The highest BCUT2D eigenvalue weighted by molar-refractivity contribution is 5.87. The van der Waals surface area contributed by atoms with Crippen LogP contribution in [-0.2, 0) is 4.84 Å². The topological polar surface area (TPSA) is 41.8 Å². The zero-order valence-electron chi connectivity index (χ0n) is 7.20. The first-order chi connectivity index (χ1) is 5.86. The van der Waals surface area contributed by atoms with Gasteiger partial charge in [0.1, 0.15) is 0 Å². The standard InChI is InChI=1S/C9H15NO2/c11-9-6-8(10-12-9)7-4-2-1-3-5-7/h7,9,11H,1-6H2. The number of nitrogens with zero attached hydrogens (tertiary/aromatic N) is 1. The predicted molar refractivity (Wildman–Crippen MR) is 45.7 cm³/mol. The van der Waals surface area contributed by atoms with Gasteiger partial charge in [0.15, 0.2) is 0 Å². The van der Waals surface area contributed by atoms with Gasteiger partial charge in [-0.25, -0.2) is 0 Å². The Kier molecular flexibility index (Phi) is 2.30. The monoisotopic (exact) mass is 169 g/mol. The van der Waals surface area contributed by atoms with Crippen LogP contribution >= 0.6 is 0 Å². The molecular weight excluding hydrogens is 154 g/mol. The summed E-state index contributed by atoms with van der Waals surface area (Å²) < 4.78 is 0. The second-order valence-corrected chi connectivity index (χ2v) is 3.68. The van der Waals surface area contributed by atoms with Gasteiger partial charge in [0, 0.05) is 5.92 Å². The first kappa shape index (κ1) is 8.05. The summed E-state index contributed by atoms with van der Waals surface area (Å²) in [6, 6.07) is 0. The summed E-state index contributed by atoms with van der Waals surface area (Å²) in [7, 11) is 0. The van der Waals surface area contributed by atoms with Gasteiger partial charge in [0.2, 0.25) is 6.29 Å². The van der Waals surface area contributed by atoms with E-state index in [1.165, 1.54) is 32.1 Å². The lowest BCUT2D eigenvalue weighted by molar-refractivity contribution is -0.0762. The molecule has 1 heterocycles. The van der Waals surface area contributed by atoms with E-state index in [2.05, 4.69) is 5.16 Å². The SMILES string of the molecule is OC1CC(C2CCCCC2)=NO1. The Hall–Kier alpha value is -0.570. The lowest BCUT2D eigenvalue weighted by Gasteiger charge is -2.20. The van der Waals surface area contributed by atoms with Crippen LogP contribution in [0.4, 0.5) is 0 Å². The number of hydrogen-bond acceptors (Lipinski definition) is 3. The van der Waals surface area contributed by atoms with Crippen LogP contribution in [0, 0.1) is 5.92 Å². The Labute approximate surface area is 72.4 Å². The maximum absolute atomic E-state index is 9.09. The van der Waals surface area contributed by atoms with E-state index in [1.54, 1.807) is 0 Å². The van der Waals surface area contributed by atoms with Crippen molar-refractivity contribution >= 4 is 5.71 Å². The minimum Gasteiger partial charge on any atom is -0.363 e. The Morgan fingerprint density at radius 3 is 2.58 bits per heavy atom. The first-order valence-electron chi connectivity index (χ1n) is 4.77. The van der Waals surface area contributed by atoms with Crippen molar-refractivity contribution in [2.75, 3.05) is 0 Å². The van der Waals surface area contributed by atoms with Crippen molar-refractivity contribution in [2.45, 2.75) is 44.8 Å². The lowest BCUT2D eigenvalue weighted by Crippen LogP contribution is -2.18. The van der Waals surface area contributed by atoms with Crippen LogP contribution in [-0.4, -0.2) is 17.1 Å². The van der Waals surface area contributed by atoms with E-state index in [-0.39, 0.29) is 0 Å². The van der Waals surface area contributed by atoms with Crippen LogP contribution < -0.4 is 0 Å². The van der Waals surface area contributed by atoms with E-state index < -0.39 is 6.29 Å². The summed E-state index contributed by atoms with van der Waals surface area (Å²) in [4.78, 5) is 4.76. The number of oxime groups is 1. The molecular formula is C9H15NO2. The first-order valence-corrected chi connectivity index (χ1v) is 4.77. The van der Waals surface area contributed by atoms with Gasteiger partial charge in [0.25, 0.3) is 0 Å². The van der Waals surface area contributed by atoms with Gasteiger partial charge in [0.05, 0.1) is 12.1 Å². The third-order valence-corrected chi connectivity index (χ3v) is 2.75. The van der Waals surface area contributed by atoms with E-state index in [0.29, 0.717) is 12.3 Å². The molecule has 2 aliphatic rings. The van der Waals surface area contributed by atoms with Gasteiger partial charge in [-0.3, -0.25) is 0 Å². The van der Waals surface area contributed by atoms with Crippen LogP contribution in [0.3, 0.4) is 0 Å². The molecule has 0 radical (unpaired) electrons. The van der Waals surface area contributed by atoms with Crippen molar-refractivity contribution in [3.63, 3.8) is 0 Å². The van der Waals surface area contributed by atoms with Crippen molar-refractivity contribution in [2.24, 2.45) is 11.1 Å². The summed E-state index contributed by atoms with van der Waals surface area (Å²) in [5.41, 5.74) is 1.09. The van der Waals surface area contributed by atoms with E-state index in [4.69, 9.17) is 9.94 Å². The molecule has 12 heavy (non-hydrogen) atoms. The fourth-order valence-electron chi connectivity index (χ4n) is 2.06. The molecule has 2 rings (SSSR count). The quantitative estimate of drug-likeness (QED) is 0.648. The fourth-order valence-corrected chi connectivity index (χ4v) is 2.06. The molecule has 0 aromatic rings. The second-order valence-electron chi connectivity index (χ2n) is 3.68. The van der Waals surface area contributed by atoms with Crippen molar-refractivity contribution in [1.82, 2.24) is 0 Å². The highest BCUT2D eigenvalue weighted by Crippen LogP contribution is 2.28. The summed E-state index contributed by atoms with van der Waals surface area (Å²) in [5.74, 6) is 0.593. The molecule has 1 unspecified atom stereocenters. The molecule has 0 aromatic heterocycles. The van der Waals surface area contributed by atoms with Crippen LogP contribution in [0.2, 0.25) is 0 Å². The van der Waals surface area contributed by atoms with Crippen molar-refractivity contribution in [3.05, 3.63) is 0 Å². The molecule has 0 bridgehead atoms.